The molecule has 0 radical (unpaired) electrons. The smallest absolute Gasteiger partial charge is 0.282 e. The Labute approximate surface area is 112 Å². The monoisotopic (exact) mass is 288 g/mol. The summed E-state index contributed by atoms with van der Waals surface area (Å²) in [5.41, 5.74) is 0.956. The normalized spacial score (nSPS) is 10.1. The van der Waals surface area contributed by atoms with Gasteiger partial charge in [-0.25, -0.2) is 4.72 Å². The maximum atomic E-state index is 10.5. The first-order chi connectivity index (χ1) is 8.41. The number of hydrogen-bond acceptors (Lipinski definition) is 5. The van der Waals surface area contributed by atoms with E-state index in [4.69, 9.17) is 9.81 Å². The Balaban J connectivity index is 0.000000360. The van der Waals surface area contributed by atoms with E-state index < -0.39 is 10.1 Å². The van der Waals surface area contributed by atoms with Gasteiger partial charge in [0.15, 0.2) is 0 Å². The second-order valence-corrected chi connectivity index (χ2v) is 5.78. The summed E-state index contributed by atoms with van der Waals surface area (Å²) in [4.78, 5) is -0.0666. The lowest BCUT2D eigenvalue weighted by molar-refractivity contribution is 0.483. The molecule has 0 saturated heterocycles. The van der Waals surface area contributed by atoms with Crippen LogP contribution in [0.1, 0.15) is 12.5 Å². The van der Waals surface area contributed by atoms with Gasteiger partial charge in [-0.3, -0.25) is 4.55 Å². The van der Waals surface area contributed by atoms with E-state index >= 15 is 0 Å². The summed E-state index contributed by atoms with van der Waals surface area (Å²) in [6.45, 7) is 4.32. The second kappa shape index (κ2) is 8.94. The number of benzene rings is 1. The lowest BCUT2D eigenvalue weighted by Gasteiger charge is -1.95. The topological polar surface area (TPSA) is 90.2 Å². The summed E-state index contributed by atoms with van der Waals surface area (Å²) in [6, 6.07) is 7.96. The molecule has 0 spiro atoms. The van der Waals surface area contributed by atoms with Crippen LogP contribution in [0.15, 0.2) is 29.2 Å². The molecule has 0 saturated carbocycles. The highest BCUT2D eigenvalue weighted by molar-refractivity contribution is 7.97. The first-order valence-electron chi connectivity index (χ1n) is 5.17. The van der Waals surface area contributed by atoms with Crippen LogP contribution >= 0.6 is 11.9 Å². The highest BCUT2D eigenvalue weighted by Crippen LogP contribution is 2.08. The number of nitriles is 1. The Hall–Kier alpha value is -1.07. The molecule has 1 aromatic rings. The van der Waals surface area contributed by atoms with Crippen LogP contribution < -0.4 is 4.72 Å². The van der Waals surface area contributed by atoms with E-state index in [1.807, 2.05) is 19.9 Å². The quantitative estimate of drug-likeness (QED) is 0.381. The minimum Gasteiger partial charge on any atom is -0.282 e. The first kappa shape index (κ1) is 16.9. The summed E-state index contributed by atoms with van der Waals surface area (Å²) in [7, 11) is -4.02. The predicted octanol–water partition coefficient (Wildman–Crippen LogP) is 2.01. The molecular formula is C11H16N2O3S2. The van der Waals surface area contributed by atoms with Crippen LogP contribution in [0.3, 0.4) is 0 Å². The average Bonchev–Trinajstić information content (AvgIpc) is 2.30. The van der Waals surface area contributed by atoms with Crippen molar-refractivity contribution in [3.8, 4) is 6.07 Å². The largest absolute Gasteiger partial charge is 0.294 e. The summed E-state index contributed by atoms with van der Waals surface area (Å²) in [6.07, 6.45) is 0. The molecule has 0 aliphatic rings. The molecule has 1 aromatic carbocycles. The standard InChI is InChI=1S/C7H8O3S.C4H8N2S/c1-6-2-4-7(5-3-6)11(8,9)10;1-2-7-6-4-3-5/h2-5H,1H3,(H,8,9,10);6H,2,4H2,1H3. The molecule has 7 heteroatoms. The number of hydrogen-bond donors (Lipinski definition) is 2. The van der Waals surface area contributed by atoms with Gasteiger partial charge in [0.1, 0.15) is 0 Å². The fourth-order valence-corrected chi connectivity index (χ4v) is 1.75. The zero-order valence-corrected chi connectivity index (χ0v) is 11.9. The average molecular weight is 288 g/mol. The van der Waals surface area contributed by atoms with E-state index in [0.717, 1.165) is 11.3 Å². The lowest BCUT2D eigenvalue weighted by Crippen LogP contribution is -2.01. The van der Waals surface area contributed by atoms with Gasteiger partial charge in [-0.15, -0.1) is 0 Å². The molecular weight excluding hydrogens is 272 g/mol. The maximum absolute atomic E-state index is 10.5. The number of nitrogens with one attached hydrogen (secondary N) is 1. The van der Waals surface area contributed by atoms with Crippen molar-refractivity contribution in [1.29, 1.82) is 5.26 Å². The van der Waals surface area contributed by atoms with Gasteiger partial charge in [0, 0.05) is 5.75 Å². The molecule has 18 heavy (non-hydrogen) atoms. The van der Waals surface area contributed by atoms with E-state index in [9.17, 15) is 8.42 Å². The number of aryl methyl sites for hydroxylation is 1. The van der Waals surface area contributed by atoms with Gasteiger partial charge in [-0.2, -0.15) is 13.7 Å². The van der Waals surface area contributed by atoms with Crippen molar-refractivity contribution >= 4 is 22.1 Å². The molecule has 100 valence electrons. The van der Waals surface area contributed by atoms with E-state index in [-0.39, 0.29) is 4.90 Å². The fourth-order valence-electron chi connectivity index (χ4n) is 0.896. The summed E-state index contributed by atoms with van der Waals surface area (Å²) in [5, 5.41) is 7.97. The van der Waals surface area contributed by atoms with Crippen LogP contribution in [0.2, 0.25) is 0 Å². The van der Waals surface area contributed by atoms with Crippen LogP contribution in [0, 0.1) is 18.3 Å². The third-order valence-corrected chi connectivity index (χ3v) is 3.22. The molecule has 0 amide bonds. The molecule has 0 bridgehead atoms. The van der Waals surface area contributed by atoms with Crippen LogP contribution in [-0.4, -0.2) is 25.3 Å². The van der Waals surface area contributed by atoms with Crippen LogP contribution in [0.4, 0.5) is 0 Å². The third kappa shape index (κ3) is 8.08. The SMILES string of the molecule is CCSNCC#N.Cc1ccc(S(=O)(=O)O)cc1. The van der Waals surface area contributed by atoms with E-state index in [1.54, 1.807) is 24.1 Å². The zero-order chi connectivity index (χ0) is 14.0. The van der Waals surface area contributed by atoms with Crippen molar-refractivity contribution < 1.29 is 13.0 Å². The highest BCUT2D eigenvalue weighted by atomic mass is 32.2. The lowest BCUT2D eigenvalue weighted by atomic mass is 10.2. The van der Waals surface area contributed by atoms with Gasteiger partial charge < -0.3 is 0 Å². The van der Waals surface area contributed by atoms with Gasteiger partial charge in [-0.05, 0) is 19.1 Å². The molecule has 0 aromatic heterocycles. The summed E-state index contributed by atoms with van der Waals surface area (Å²) < 4.78 is 32.4. The maximum Gasteiger partial charge on any atom is 0.294 e. The van der Waals surface area contributed by atoms with E-state index in [0.29, 0.717) is 6.54 Å². The third-order valence-electron chi connectivity index (χ3n) is 1.72. The molecule has 0 atom stereocenters. The fraction of sp³-hybridized carbons (Fsp3) is 0.364. The van der Waals surface area contributed by atoms with Crippen molar-refractivity contribution in [3.63, 3.8) is 0 Å². The van der Waals surface area contributed by atoms with Crippen molar-refractivity contribution in [2.45, 2.75) is 18.7 Å². The van der Waals surface area contributed by atoms with Crippen molar-refractivity contribution in [3.05, 3.63) is 29.8 Å². The minimum absolute atomic E-state index is 0.0666. The van der Waals surface area contributed by atoms with Crippen molar-refractivity contribution in [2.75, 3.05) is 12.3 Å². The van der Waals surface area contributed by atoms with Crippen molar-refractivity contribution in [1.82, 2.24) is 4.72 Å². The summed E-state index contributed by atoms with van der Waals surface area (Å²) >= 11 is 1.56. The number of rotatable bonds is 4. The molecule has 2 N–H and O–H groups in total. The first-order valence-corrected chi connectivity index (χ1v) is 7.60. The molecule has 0 fully saturated rings. The van der Waals surface area contributed by atoms with E-state index in [2.05, 4.69) is 4.72 Å². The number of nitrogens with zero attached hydrogens (tertiary/aromatic N) is 1. The van der Waals surface area contributed by atoms with Crippen LogP contribution in [-0.2, 0) is 10.1 Å². The molecule has 5 nitrogen and oxygen atoms in total. The Bertz CT molecular complexity index is 478. The van der Waals surface area contributed by atoms with Crippen LogP contribution in [0.25, 0.3) is 0 Å². The Morgan fingerprint density at radius 1 is 1.39 bits per heavy atom. The van der Waals surface area contributed by atoms with Gasteiger partial charge in [-0.1, -0.05) is 36.6 Å². The van der Waals surface area contributed by atoms with Crippen molar-refractivity contribution in [2.24, 2.45) is 0 Å². The Morgan fingerprint density at radius 2 is 1.94 bits per heavy atom. The van der Waals surface area contributed by atoms with Gasteiger partial charge >= 0.3 is 0 Å². The van der Waals surface area contributed by atoms with Gasteiger partial charge in [0.25, 0.3) is 10.1 Å². The Kier molecular flexibility index (Phi) is 8.41. The highest BCUT2D eigenvalue weighted by Gasteiger charge is 2.06. The molecule has 1 rings (SSSR count). The zero-order valence-electron chi connectivity index (χ0n) is 10.3. The summed E-state index contributed by atoms with van der Waals surface area (Å²) in [5.74, 6) is 1.02. The van der Waals surface area contributed by atoms with E-state index in [1.165, 1.54) is 12.1 Å². The molecule has 0 unspecified atom stereocenters. The molecule has 0 aliphatic heterocycles. The predicted molar refractivity (Wildman–Crippen MR) is 72.7 cm³/mol. The van der Waals surface area contributed by atoms with Gasteiger partial charge in [0.05, 0.1) is 17.5 Å². The van der Waals surface area contributed by atoms with Gasteiger partial charge in [0.2, 0.25) is 0 Å². The molecule has 0 aliphatic carbocycles. The Morgan fingerprint density at radius 3 is 2.33 bits per heavy atom. The van der Waals surface area contributed by atoms with Crippen LogP contribution in [0.5, 0.6) is 0 Å². The second-order valence-electron chi connectivity index (χ2n) is 3.20. The minimum atomic E-state index is -4.02. The molecule has 0 heterocycles.